The Morgan fingerprint density at radius 2 is 1.00 bits per heavy atom. The van der Waals surface area contributed by atoms with E-state index in [-0.39, 0.29) is 97.5 Å². The van der Waals surface area contributed by atoms with Crippen LogP contribution in [0.5, 0.6) is 0 Å². The topological polar surface area (TPSA) is 30.5 Å². The van der Waals surface area contributed by atoms with Gasteiger partial charge >= 0.3 is 0 Å². The maximum atomic E-state index is 0. The minimum atomic E-state index is 0. The monoisotopic (exact) mass is 258 g/mol. The van der Waals surface area contributed by atoms with Gasteiger partial charge in [-0.25, -0.2) is 0 Å². The van der Waals surface area contributed by atoms with Gasteiger partial charge in [0.15, 0.2) is 0 Å². The van der Waals surface area contributed by atoms with Crippen LogP contribution in [0.4, 0.5) is 0 Å². The zero-order valence-corrected chi connectivity index (χ0v) is 10.0. The molecule has 0 spiro atoms. The molecule has 0 aromatic carbocycles. The summed E-state index contributed by atoms with van der Waals surface area (Å²) in [7, 11) is 0. The Morgan fingerprint density at radius 3 is 1.00 bits per heavy atom. The molecule has 0 saturated heterocycles. The van der Waals surface area contributed by atoms with Crippen molar-refractivity contribution in [3.63, 3.8) is 0 Å². The Kier molecular flexibility index (Phi) is 270. The van der Waals surface area contributed by atoms with Gasteiger partial charge in [-0.3, -0.25) is 0 Å². The van der Waals surface area contributed by atoms with Crippen LogP contribution in [0.1, 0.15) is 0 Å². The number of rotatable bonds is 0. The summed E-state index contributed by atoms with van der Waals surface area (Å²) in [5, 5.41) is 0. The first-order valence-corrected chi connectivity index (χ1v) is 0. The van der Waals surface area contributed by atoms with Crippen LogP contribution in [0.2, 0.25) is 0 Å². The Labute approximate surface area is 95.6 Å². The van der Waals surface area contributed by atoms with E-state index >= 15 is 0 Å². The molecule has 5 heteroatoms. The van der Waals surface area contributed by atoms with Crippen molar-refractivity contribution < 1.29 is 63.0 Å². The van der Waals surface area contributed by atoms with Gasteiger partial charge in [0, 0.05) is 97.5 Å². The van der Waals surface area contributed by atoms with Crippen molar-refractivity contribution in [1.29, 1.82) is 0 Å². The molecule has 0 atom stereocenters. The first kappa shape index (κ1) is 46.2. The van der Waals surface area contributed by atoms with Crippen molar-refractivity contribution in [1.82, 2.24) is 6.15 Å². The van der Waals surface area contributed by atoms with Gasteiger partial charge in [-0.15, -0.1) is 0 Å². The first-order chi connectivity index (χ1) is 0. The van der Waals surface area contributed by atoms with Gasteiger partial charge in [0.05, 0.1) is 0 Å². The van der Waals surface area contributed by atoms with E-state index in [1.807, 2.05) is 0 Å². The maximum absolute atomic E-state index is 0. The molecule has 1 nitrogen and oxygen atoms in total. The minimum Gasteiger partial charge on any atom is 0 e. The molecule has 0 aromatic rings. The molecule has 0 bridgehead atoms. The molecule has 11 radical (unpaired) electrons. The van der Waals surface area contributed by atoms with Gasteiger partial charge in [-0.2, -0.15) is 0 Å². The average Bonchev–Trinajstić information content (AvgIpc) is 0. The standard InChI is InChI=1S/Al.N.Pr.Si.Ti. The number of hydrogen-bond donors (Lipinski definition) is 0. The summed E-state index contributed by atoms with van der Waals surface area (Å²) in [6.07, 6.45) is 0. The molecule has 0 fully saturated rings. The quantitative estimate of drug-likeness (QED) is 0.486. The largest absolute Gasteiger partial charge is 0 e. The van der Waals surface area contributed by atoms with Gasteiger partial charge in [0.25, 0.3) is 0 Å². The zero-order valence-electron chi connectivity index (χ0n) is 2.60. The third-order valence-electron chi connectivity index (χ3n) is 0. The van der Waals surface area contributed by atoms with E-state index in [0.717, 1.165) is 0 Å². The normalized spacial score (nSPS) is 0. The van der Waals surface area contributed by atoms with Crippen LogP contribution in [-0.4, -0.2) is 28.3 Å². The molecule has 0 aromatic heterocycles. The maximum Gasteiger partial charge on any atom is 0 e. The summed E-state index contributed by atoms with van der Waals surface area (Å²) in [5.74, 6) is 0. The smallest absolute Gasteiger partial charge is 0 e. The molecule has 0 rings (SSSR count). The van der Waals surface area contributed by atoms with Crippen LogP contribution < -0.4 is 6.15 Å². The third kappa shape index (κ3) is 20.0. The van der Waals surface area contributed by atoms with Crippen molar-refractivity contribution in [3.8, 4) is 0 Å². The fourth-order valence-corrected chi connectivity index (χ4v) is 0. The van der Waals surface area contributed by atoms with Crippen LogP contribution in [0.25, 0.3) is 0 Å². The van der Waals surface area contributed by atoms with E-state index in [2.05, 4.69) is 0 Å². The summed E-state index contributed by atoms with van der Waals surface area (Å²) < 4.78 is 0. The summed E-state index contributed by atoms with van der Waals surface area (Å²) in [6.45, 7) is 0. The van der Waals surface area contributed by atoms with Gasteiger partial charge in [-0.1, -0.05) is 0 Å². The van der Waals surface area contributed by atoms with Crippen molar-refractivity contribution in [2.75, 3.05) is 0 Å². The van der Waals surface area contributed by atoms with Crippen LogP contribution in [0, 0.1) is 41.3 Å². The number of nitrogens with zero attached hydrogens (tertiary/aromatic N) is 1. The molecule has 0 aliphatic heterocycles. The predicted octanol–water partition coefficient (Wildman–Crippen LogP) is -1.24. The van der Waals surface area contributed by atoms with Crippen LogP contribution in [0.15, 0.2) is 0 Å². The third-order valence-corrected chi connectivity index (χ3v) is 0. The Hall–Kier alpha value is 2.79. The van der Waals surface area contributed by atoms with Crippen molar-refractivity contribution in [3.05, 3.63) is 0 Å². The fraction of sp³-hybridized carbons (Fsp3) is 0. The second-order valence-corrected chi connectivity index (χ2v) is 0. The molecule has 19 valence electrons. The van der Waals surface area contributed by atoms with Gasteiger partial charge in [-0.05, 0) is 0 Å². The van der Waals surface area contributed by atoms with E-state index in [1.54, 1.807) is 0 Å². The van der Waals surface area contributed by atoms with Crippen LogP contribution >= 0.6 is 0 Å². The van der Waals surface area contributed by atoms with Crippen LogP contribution in [0.3, 0.4) is 0 Å². The molecule has 0 aliphatic carbocycles. The first-order valence-electron chi connectivity index (χ1n) is 0. The minimum absolute atomic E-state index is 0. The Morgan fingerprint density at radius 1 is 1.00 bits per heavy atom. The fourth-order valence-electron chi connectivity index (χ4n) is 0. The van der Waals surface area contributed by atoms with E-state index in [1.165, 1.54) is 0 Å². The molecular formula is AlNPrSiTi. The van der Waals surface area contributed by atoms with Gasteiger partial charge < -0.3 is 0 Å². The summed E-state index contributed by atoms with van der Waals surface area (Å²) in [6, 6.07) is 0. The molecule has 5 heavy (non-hydrogen) atoms. The van der Waals surface area contributed by atoms with E-state index in [9.17, 15) is 0 Å². The Balaban J connectivity index is 0. The van der Waals surface area contributed by atoms with Crippen molar-refractivity contribution in [2.45, 2.75) is 0 Å². The zero-order chi connectivity index (χ0) is 0. The second-order valence-electron chi connectivity index (χ2n) is 0. The average molecular weight is 258 g/mol. The molecule has 0 heterocycles. The summed E-state index contributed by atoms with van der Waals surface area (Å²) in [4.78, 5) is 0. The molecule has 0 unspecified atom stereocenters. The molecule has 0 saturated carbocycles. The van der Waals surface area contributed by atoms with Crippen molar-refractivity contribution in [2.24, 2.45) is 0 Å². The molecule has 0 N–H and O–H groups in total. The predicted molar refractivity (Wildman–Crippen MR) is 13.6 cm³/mol. The van der Waals surface area contributed by atoms with Crippen LogP contribution in [-0.2, 0) is 21.7 Å². The molecule has 0 aliphatic rings. The van der Waals surface area contributed by atoms with Gasteiger partial charge in [0.2, 0.25) is 0 Å². The Bertz CT molecular complexity index is 11.6. The van der Waals surface area contributed by atoms with E-state index < -0.39 is 0 Å². The molecular weight excluding hydrogens is 258 g/mol. The second kappa shape index (κ2) is 29.3. The SMILES string of the molecule is [Al].[N].[Pr].[Si].[Ti]. The van der Waals surface area contributed by atoms with Crippen molar-refractivity contribution >= 4 is 28.3 Å². The summed E-state index contributed by atoms with van der Waals surface area (Å²) >= 11 is 0. The van der Waals surface area contributed by atoms with Gasteiger partial charge in [0.1, 0.15) is 0 Å². The van der Waals surface area contributed by atoms with E-state index in [4.69, 9.17) is 0 Å². The van der Waals surface area contributed by atoms with E-state index in [0.29, 0.717) is 0 Å². The molecule has 0 amide bonds. The number of hydrogen-bond acceptors (Lipinski definition) is 0. The summed E-state index contributed by atoms with van der Waals surface area (Å²) in [5.41, 5.74) is 0.